The molecule has 0 fully saturated rings. The Morgan fingerprint density at radius 3 is 1.37 bits per heavy atom. The molecule has 0 aromatic heterocycles. The molecule has 0 aliphatic heterocycles. The number of hydrogen-bond donors (Lipinski definition) is 4. The standard InChI is InChI=1S/C19H32N8O8/c1-24(8-14(30)22-5-13(20)29)19(35)11-27(4)17(33)7-23-15(31)9-25(2)18(34)10-26(3)16(32)6-21-12-28/h12H,5-11H2,1-4H3,(H2,20,29)(H,21,28)(H,22,30)(H,23,31). The van der Waals surface area contributed by atoms with Crippen molar-refractivity contribution in [3.8, 4) is 0 Å². The van der Waals surface area contributed by atoms with Gasteiger partial charge in [-0.05, 0) is 0 Å². The Kier molecular flexibility index (Phi) is 13.7. The summed E-state index contributed by atoms with van der Waals surface area (Å²) < 4.78 is 0. The number of nitrogens with one attached hydrogen (secondary N) is 3. The molecule has 16 heteroatoms. The highest BCUT2D eigenvalue weighted by Gasteiger charge is 2.20. The molecular formula is C19H32N8O8. The minimum absolute atomic E-state index is 0.270. The molecule has 0 heterocycles. The number of likely N-dealkylation sites (N-methyl/N-ethyl adjacent to an activating group) is 4. The molecule has 0 aliphatic carbocycles. The average molecular weight is 501 g/mol. The molecule has 196 valence electrons. The van der Waals surface area contributed by atoms with E-state index in [2.05, 4.69) is 16.0 Å². The third kappa shape index (κ3) is 13.2. The van der Waals surface area contributed by atoms with Crippen molar-refractivity contribution in [1.29, 1.82) is 0 Å². The lowest BCUT2D eigenvalue weighted by Gasteiger charge is -2.23. The maximum absolute atomic E-state index is 12.2. The maximum atomic E-state index is 12.2. The quantitative estimate of drug-likeness (QED) is 0.159. The number of primary amides is 1. The van der Waals surface area contributed by atoms with E-state index in [0.29, 0.717) is 6.41 Å². The highest BCUT2D eigenvalue weighted by Crippen LogP contribution is 1.93. The van der Waals surface area contributed by atoms with Gasteiger partial charge >= 0.3 is 0 Å². The molecule has 0 unspecified atom stereocenters. The molecule has 0 bridgehead atoms. The van der Waals surface area contributed by atoms with Crippen LogP contribution in [-0.2, 0) is 38.4 Å². The number of carbonyl (C=O) groups excluding carboxylic acids is 8. The fourth-order valence-corrected chi connectivity index (χ4v) is 2.30. The summed E-state index contributed by atoms with van der Waals surface area (Å²) in [5.41, 5.74) is 4.91. The molecule has 0 rings (SSSR count). The normalized spacial score (nSPS) is 9.83. The Bertz CT molecular complexity index is 834. The van der Waals surface area contributed by atoms with E-state index in [1.54, 1.807) is 0 Å². The summed E-state index contributed by atoms with van der Waals surface area (Å²) in [6.45, 7) is -2.50. The largest absolute Gasteiger partial charge is 0.368 e. The lowest BCUT2D eigenvalue weighted by Crippen LogP contribution is -2.48. The Morgan fingerprint density at radius 2 is 0.971 bits per heavy atom. The summed E-state index contributed by atoms with van der Waals surface area (Å²) >= 11 is 0. The van der Waals surface area contributed by atoms with Crippen molar-refractivity contribution in [2.24, 2.45) is 5.73 Å². The van der Waals surface area contributed by atoms with E-state index >= 15 is 0 Å². The second kappa shape index (κ2) is 15.6. The Labute approximate surface area is 202 Å². The number of nitrogens with two attached hydrogens (primary N) is 1. The van der Waals surface area contributed by atoms with E-state index in [-0.39, 0.29) is 39.3 Å². The van der Waals surface area contributed by atoms with E-state index in [4.69, 9.17) is 5.73 Å². The van der Waals surface area contributed by atoms with Crippen molar-refractivity contribution >= 4 is 47.8 Å². The van der Waals surface area contributed by atoms with E-state index in [1.807, 2.05) is 0 Å². The number of amides is 8. The zero-order chi connectivity index (χ0) is 27.1. The van der Waals surface area contributed by atoms with Gasteiger partial charge in [-0.2, -0.15) is 0 Å². The fraction of sp³-hybridized carbons (Fsp3) is 0.579. The van der Waals surface area contributed by atoms with E-state index < -0.39 is 47.9 Å². The van der Waals surface area contributed by atoms with Gasteiger partial charge in [0.05, 0.1) is 45.8 Å². The first-order valence-electron chi connectivity index (χ1n) is 10.2. The van der Waals surface area contributed by atoms with Crippen LogP contribution in [0.1, 0.15) is 0 Å². The Hall–Kier alpha value is -4.24. The van der Waals surface area contributed by atoms with Crippen molar-refractivity contribution in [3.05, 3.63) is 0 Å². The molecule has 8 amide bonds. The van der Waals surface area contributed by atoms with Gasteiger partial charge in [-0.15, -0.1) is 0 Å². The summed E-state index contributed by atoms with van der Waals surface area (Å²) in [5.74, 6) is -4.18. The molecular weight excluding hydrogens is 468 g/mol. The van der Waals surface area contributed by atoms with Crippen LogP contribution in [0, 0.1) is 0 Å². The van der Waals surface area contributed by atoms with E-state index in [9.17, 15) is 38.4 Å². The minimum atomic E-state index is -0.735. The first-order chi connectivity index (χ1) is 16.3. The topological polar surface area (TPSA) is 212 Å². The van der Waals surface area contributed by atoms with Crippen molar-refractivity contribution < 1.29 is 38.4 Å². The Balaban J connectivity index is 4.44. The van der Waals surface area contributed by atoms with Crippen LogP contribution < -0.4 is 21.7 Å². The van der Waals surface area contributed by atoms with Crippen LogP contribution in [0.4, 0.5) is 0 Å². The SMILES string of the molecule is CN(CC(=O)NCC(=O)N(C)CC(=O)N(C)CC(=O)NCC(N)=O)C(=O)CN(C)C(=O)CNC=O. The van der Waals surface area contributed by atoms with Crippen molar-refractivity contribution in [2.45, 2.75) is 0 Å². The molecule has 35 heavy (non-hydrogen) atoms. The first-order valence-corrected chi connectivity index (χ1v) is 10.2. The van der Waals surface area contributed by atoms with E-state index in [1.165, 1.54) is 28.2 Å². The second-order valence-electron chi connectivity index (χ2n) is 7.52. The van der Waals surface area contributed by atoms with Gasteiger partial charge in [0.25, 0.3) is 0 Å². The van der Waals surface area contributed by atoms with Crippen LogP contribution in [0.5, 0.6) is 0 Å². The smallest absolute Gasteiger partial charge is 0.242 e. The number of carbonyl (C=O) groups is 8. The average Bonchev–Trinajstić information content (AvgIpc) is 2.78. The van der Waals surface area contributed by atoms with Crippen LogP contribution in [-0.4, -0.2) is 141 Å². The van der Waals surface area contributed by atoms with Crippen LogP contribution >= 0.6 is 0 Å². The first kappa shape index (κ1) is 30.8. The highest BCUT2D eigenvalue weighted by atomic mass is 16.2. The molecule has 0 aromatic carbocycles. The molecule has 16 nitrogen and oxygen atoms in total. The molecule has 0 atom stereocenters. The predicted octanol–water partition coefficient (Wildman–Crippen LogP) is -5.72. The van der Waals surface area contributed by atoms with Gasteiger partial charge in [0, 0.05) is 28.2 Å². The van der Waals surface area contributed by atoms with Crippen molar-refractivity contribution in [1.82, 2.24) is 35.6 Å². The molecule has 0 radical (unpaired) electrons. The van der Waals surface area contributed by atoms with Crippen LogP contribution in [0.15, 0.2) is 0 Å². The van der Waals surface area contributed by atoms with Gasteiger partial charge in [-0.25, -0.2) is 0 Å². The molecule has 0 saturated carbocycles. The minimum Gasteiger partial charge on any atom is -0.368 e. The van der Waals surface area contributed by atoms with Crippen molar-refractivity contribution in [2.75, 3.05) is 74.0 Å². The van der Waals surface area contributed by atoms with Crippen LogP contribution in [0.2, 0.25) is 0 Å². The monoisotopic (exact) mass is 500 g/mol. The van der Waals surface area contributed by atoms with Gasteiger partial charge in [-0.1, -0.05) is 0 Å². The molecule has 0 spiro atoms. The number of nitrogens with zero attached hydrogens (tertiary/aromatic N) is 4. The lowest BCUT2D eigenvalue weighted by atomic mass is 10.4. The van der Waals surface area contributed by atoms with Crippen LogP contribution in [0.3, 0.4) is 0 Å². The van der Waals surface area contributed by atoms with Crippen molar-refractivity contribution in [3.63, 3.8) is 0 Å². The number of hydrogen-bond acceptors (Lipinski definition) is 8. The lowest BCUT2D eigenvalue weighted by molar-refractivity contribution is -0.141. The fourth-order valence-electron chi connectivity index (χ4n) is 2.30. The van der Waals surface area contributed by atoms with E-state index in [0.717, 1.165) is 19.6 Å². The van der Waals surface area contributed by atoms with Gasteiger partial charge in [0.15, 0.2) is 0 Å². The predicted molar refractivity (Wildman–Crippen MR) is 120 cm³/mol. The van der Waals surface area contributed by atoms with Gasteiger partial charge in [-0.3, -0.25) is 38.4 Å². The maximum Gasteiger partial charge on any atom is 0.242 e. The Morgan fingerprint density at radius 1 is 0.600 bits per heavy atom. The zero-order valence-electron chi connectivity index (χ0n) is 20.2. The summed E-state index contributed by atoms with van der Waals surface area (Å²) in [5, 5.41) is 6.74. The van der Waals surface area contributed by atoms with Gasteiger partial charge < -0.3 is 41.3 Å². The molecule has 5 N–H and O–H groups in total. The molecule has 0 saturated heterocycles. The van der Waals surface area contributed by atoms with Gasteiger partial charge in [0.2, 0.25) is 47.8 Å². The van der Waals surface area contributed by atoms with Crippen LogP contribution in [0.25, 0.3) is 0 Å². The summed E-state index contributed by atoms with van der Waals surface area (Å²) in [6, 6.07) is 0. The summed E-state index contributed by atoms with van der Waals surface area (Å²) in [4.78, 5) is 97.0. The molecule has 0 aliphatic rings. The number of rotatable bonds is 15. The zero-order valence-corrected chi connectivity index (χ0v) is 20.2. The second-order valence-corrected chi connectivity index (χ2v) is 7.52. The third-order valence-electron chi connectivity index (χ3n) is 4.44. The molecule has 0 aromatic rings. The highest BCUT2D eigenvalue weighted by molar-refractivity contribution is 5.92. The summed E-state index contributed by atoms with van der Waals surface area (Å²) in [6.07, 6.45) is 0.351. The summed E-state index contributed by atoms with van der Waals surface area (Å²) in [7, 11) is 5.37. The van der Waals surface area contributed by atoms with Gasteiger partial charge in [0.1, 0.15) is 0 Å². The third-order valence-corrected chi connectivity index (χ3v) is 4.44.